The Balaban J connectivity index is 1.26. The van der Waals surface area contributed by atoms with Gasteiger partial charge in [-0.05, 0) is 36.8 Å². The molecule has 0 radical (unpaired) electrons. The lowest BCUT2D eigenvalue weighted by molar-refractivity contribution is -0.125. The van der Waals surface area contributed by atoms with Gasteiger partial charge >= 0.3 is 0 Å². The molecular formula is C24H30N8O2. The fourth-order valence-corrected chi connectivity index (χ4v) is 4.71. The molecule has 0 spiro atoms. The molecule has 1 atom stereocenters. The molecule has 2 fully saturated rings. The number of aliphatic hydroxyl groups excluding tert-OH is 1. The fraction of sp³-hybridized carbons (Fsp3) is 0.417. The van der Waals surface area contributed by atoms with E-state index in [1.165, 1.54) is 11.8 Å². The number of β-amino-alcohol motifs (C(OH)–C–C–N with tert-alkyl or cyclic N) is 1. The number of anilines is 3. The highest BCUT2D eigenvalue weighted by atomic mass is 16.3. The molecule has 34 heavy (non-hydrogen) atoms. The van der Waals surface area contributed by atoms with Crippen molar-refractivity contribution in [1.82, 2.24) is 29.3 Å². The molecule has 1 aromatic carbocycles. The largest absolute Gasteiger partial charge is 0.395 e. The second-order valence-electron chi connectivity index (χ2n) is 8.71. The van der Waals surface area contributed by atoms with Crippen molar-refractivity contribution in [2.45, 2.75) is 12.5 Å². The number of rotatable bonds is 7. The first-order chi connectivity index (χ1) is 16.6. The molecule has 5 rings (SSSR count). The van der Waals surface area contributed by atoms with Gasteiger partial charge in [0, 0.05) is 57.2 Å². The standard InChI is InChI=1S/C24H30N8O2/c1-2-22(34)31-8-7-20(16-31)32-17-26-21-15-25-24(28-23(21)32)27-18-3-5-19(6-4-18)30-11-9-29(10-12-30)13-14-33/h2-6,15,17,20,33H,1,7-14,16H2,(H,25,27,28). The first kappa shape index (κ1) is 22.3. The molecule has 3 aromatic rings. The summed E-state index contributed by atoms with van der Waals surface area (Å²) in [6.45, 7) is 9.69. The molecule has 2 aliphatic heterocycles. The molecule has 0 aliphatic carbocycles. The van der Waals surface area contributed by atoms with Crippen molar-refractivity contribution in [3.63, 3.8) is 0 Å². The van der Waals surface area contributed by atoms with Crippen LogP contribution in [0, 0.1) is 0 Å². The molecule has 2 saturated heterocycles. The number of fused-ring (bicyclic) bond motifs is 1. The van der Waals surface area contributed by atoms with E-state index in [4.69, 9.17) is 10.1 Å². The van der Waals surface area contributed by atoms with E-state index in [-0.39, 0.29) is 18.6 Å². The van der Waals surface area contributed by atoms with E-state index >= 15 is 0 Å². The number of benzene rings is 1. The third-order valence-corrected chi connectivity index (χ3v) is 6.64. The van der Waals surface area contributed by atoms with Crippen molar-refractivity contribution in [1.29, 1.82) is 0 Å². The van der Waals surface area contributed by atoms with Crippen molar-refractivity contribution in [3.8, 4) is 0 Å². The molecule has 10 heteroatoms. The molecule has 1 amide bonds. The Morgan fingerprint density at radius 1 is 1.15 bits per heavy atom. The summed E-state index contributed by atoms with van der Waals surface area (Å²) in [5.74, 6) is 0.469. The summed E-state index contributed by atoms with van der Waals surface area (Å²) in [4.78, 5) is 32.0. The lowest BCUT2D eigenvalue weighted by Gasteiger charge is -2.35. The third kappa shape index (κ3) is 4.59. The molecule has 0 bridgehead atoms. The van der Waals surface area contributed by atoms with E-state index in [0.29, 0.717) is 19.0 Å². The highest BCUT2D eigenvalue weighted by Gasteiger charge is 2.27. The lowest BCUT2D eigenvalue weighted by Crippen LogP contribution is -2.47. The van der Waals surface area contributed by atoms with Crippen molar-refractivity contribution in [3.05, 3.63) is 49.4 Å². The van der Waals surface area contributed by atoms with Gasteiger partial charge in [-0.1, -0.05) is 6.58 Å². The zero-order valence-electron chi connectivity index (χ0n) is 19.2. The SMILES string of the molecule is C=CC(=O)N1CCC(n2cnc3cnc(Nc4ccc(N5CCN(CCO)CC5)cc4)nc32)C1. The van der Waals surface area contributed by atoms with Crippen LogP contribution in [0.3, 0.4) is 0 Å². The minimum atomic E-state index is -0.0422. The molecule has 2 aromatic heterocycles. The zero-order valence-corrected chi connectivity index (χ0v) is 19.2. The van der Waals surface area contributed by atoms with E-state index in [2.05, 4.69) is 43.8 Å². The van der Waals surface area contributed by atoms with Gasteiger partial charge in [0.1, 0.15) is 5.52 Å². The molecule has 2 aliphatic rings. The van der Waals surface area contributed by atoms with Crippen LogP contribution in [-0.2, 0) is 4.79 Å². The van der Waals surface area contributed by atoms with Crippen LogP contribution >= 0.6 is 0 Å². The third-order valence-electron chi connectivity index (χ3n) is 6.64. The quantitative estimate of drug-likeness (QED) is 0.511. The summed E-state index contributed by atoms with van der Waals surface area (Å²) in [6.07, 6.45) is 5.72. The summed E-state index contributed by atoms with van der Waals surface area (Å²) in [5.41, 5.74) is 3.59. The minimum Gasteiger partial charge on any atom is -0.395 e. The number of carbonyl (C=O) groups excluding carboxylic acids is 1. The second kappa shape index (κ2) is 9.78. The number of piperazine rings is 1. The van der Waals surface area contributed by atoms with E-state index in [0.717, 1.165) is 56.0 Å². The van der Waals surface area contributed by atoms with Crippen LogP contribution in [0.5, 0.6) is 0 Å². The van der Waals surface area contributed by atoms with Crippen LogP contribution in [0.15, 0.2) is 49.4 Å². The summed E-state index contributed by atoms with van der Waals surface area (Å²) < 4.78 is 2.04. The summed E-state index contributed by atoms with van der Waals surface area (Å²) in [6, 6.07) is 8.42. The Hall–Kier alpha value is -3.50. The van der Waals surface area contributed by atoms with Gasteiger partial charge in [-0.15, -0.1) is 0 Å². The number of aliphatic hydroxyl groups is 1. The number of amides is 1. The van der Waals surface area contributed by atoms with Crippen LogP contribution < -0.4 is 10.2 Å². The maximum Gasteiger partial charge on any atom is 0.246 e. The topological polar surface area (TPSA) is 103 Å². The normalized spacial score (nSPS) is 19.0. The average Bonchev–Trinajstić information content (AvgIpc) is 3.52. The van der Waals surface area contributed by atoms with Crippen molar-refractivity contribution in [2.75, 3.05) is 62.6 Å². The Morgan fingerprint density at radius 3 is 2.68 bits per heavy atom. The molecule has 178 valence electrons. The lowest BCUT2D eigenvalue weighted by atomic mass is 10.2. The Labute approximate surface area is 198 Å². The van der Waals surface area contributed by atoms with Gasteiger partial charge in [0.2, 0.25) is 11.9 Å². The summed E-state index contributed by atoms with van der Waals surface area (Å²) in [5, 5.41) is 12.4. The van der Waals surface area contributed by atoms with Crippen LogP contribution in [0.4, 0.5) is 17.3 Å². The van der Waals surface area contributed by atoms with Crippen molar-refractivity contribution >= 4 is 34.4 Å². The van der Waals surface area contributed by atoms with Gasteiger partial charge in [0.25, 0.3) is 0 Å². The monoisotopic (exact) mass is 462 g/mol. The molecule has 0 saturated carbocycles. The summed E-state index contributed by atoms with van der Waals surface area (Å²) in [7, 11) is 0. The van der Waals surface area contributed by atoms with Crippen LogP contribution in [-0.4, -0.2) is 92.8 Å². The fourth-order valence-electron chi connectivity index (χ4n) is 4.71. The van der Waals surface area contributed by atoms with E-state index < -0.39 is 0 Å². The van der Waals surface area contributed by atoms with Gasteiger partial charge in [-0.25, -0.2) is 9.97 Å². The number of likely N-dealkylation sites (tertiary alicyclic amines) is 1. The highest BCUT2D eigenvalue weighted by molar-refractivity contribution is 5.87. The van der Waals surface area contributed by atoms with Gasteiger partial charge in [0.15, 0.2) is 5.65 Å². The number of aromatic nitrogens is 4. The number of nitrogens with one attached hydrogen (secondary N) is 1. The Kier molecular flexibility index (Phi) is 6.41. The number of carbonyl (C=O) groups is 1. The first-order valence-electron chi connectivity index (χ1n) is 11.7. The van der Waals surface area contributed by atoms with Gasteiger partial charge < -0.3 is 24.8 Å². The Morgan fingerprint density at radius 2 is 1.94 bits per heavy atom. The highest BCUT2D eigenvalue weighted by Crippen LogP contribution is 2.26. The minimum absolute atomic E-state index is 0.0422. The second-order valence-corrected chi connectivity index (χ2v) is 8.71. The van der Waals surface area contributed by atoms with Gasteiger partial charge in [-0.3, -0.25) is 9.69 Å². The molecule has 10 nitrogen and oxygen atoms in total. The number of hydrogen-bond acceptors (Lipinski definition) is 8. The predicted molar refractivity (Wildman–Crippen MR) is 131 cm³/mol. The molecule has 4 heterocycles. The van der Waals surface area contributed by atoms with Crippen LogP contribution in [0.25, 0.3) is 11.2 Å². The number of imidazole rings is 1. The van der Waals surface area contributed by atoms with E-state index in [1.807, 2.05) is 16.7 Å². The van der Waals surface area contributed by atoms with E-state index in [1.54, 1.807) is 17.4 Å². The molecule has 2 N–H and O–H groups in total. The maximum absolute atomic E-state index is 11.9. The average molecular weight is 463 g/mol. The predicted octanol–water partition coefficient (Wildman–Crippen LogP) is 1.64. The number of nitrogens with zero attached hydrogens (tertiary/aromatic N) is 7. The molecule has 1 unspecified atom stereocenters. The zero-order chi connectivity index (χ0) is 23.5. The maximum atomic E-state index is 11.9. The number of hydrogen-bond donors (Lipinski definition) is 2. The van der Waals surface area contributed by atoms with Gasteiger partial charge in [-0.2, -0.15) is 4.98 Å². The van der Waals surface area contributed by atoms with Crippen molar-refractivity contribution in [2.24, 2.45) is 0 Å². The first-order valence-corrected chi connectivity index (χ1v) is 11.7. The van der Waals surface area contributed by atoms with Crippen LogP contribution in [0.1, 0.15) is 12.5 Å². The van der Waals surface area contributed by atoms with Crippen LogP contribution in [0.2, 0.25) is 0 Å². The van der Waals surface area contributed by atoms with E-state index in [9.17, 15) is 4.79 Å². The molecular weight excluding hydrogens is 432 g/mol. The van der Waals surface area contributed by atoms with Gasteiger partial charge in [0.05, 0.1) is 25.2 Å². The van der Waals surface area contributed by atoms with Crippen molar-refractivity contribution < 1.29 is 9.90 Å². The Bertz CT molecular complexity index is 1150. The summed E-state index contributed by atoms with van der Waals surface area (Å²) >= 11 is 0. The smallest absolute Gasteiger partial charge is 0.246 e.